The predicted molar refractivity (Wildman–Crippen MR) is 90.4 cm³/mol. The third-order valence-electron chi connectivity index (χ3n) is 4.34. The van der Waals surface area contributed by atoms with Gasteiger partial charge in [0, 0.05) is 12.2 Å². The number of benzene rings is 1. The Bertz CT molecular complexity index is 961. The quantitative estimate of drug-likeness (QED) is 0.785. The first-order valence-corrected chi connectivity index (χ1v) is 9.49. The number of hydrogen-bond donors (Lipinski definition) is 1. The molecule has 0 spiro atoms. The van der Waals surface area contributed by atoms with E-state index in [9.17, 15) is 8.42 Å². The Balaban J connectivity index is 1.84. The lowest BCUT2D eigenvalue weighted by molar-refractivity contribution is 0.476. The van der Waals surface area contributed by atoms with Crippen LogP contribution in [0.4, 0.5) is 0 Å². The van der Waals surface area contributed by atoms with Crippen LogP contribution in [0.2, 0.25) is 0 Å². The molecule has 0 amide bonds. The van der Waals surface area contributed by atoms with Gasteiger partial charge >= 0.3 is 0 Å². The molecular weight excluding hydrogens is 324 g/mol. The van der Waals surface area contributed by atoms with Gasteiger partial charge in [0.15, 0.2) is 10.7 Å². The van der Waals surface area contributed by atoms with Crippen molar-refractivity contribution >= 4 is 20.9 Å². The molecular formula is C17H18N4O2S. The van der Waals surface area contributed by atoms with Crippen molar-refractivity contribution in [2.24, 2.45) is 0 Å². The molecule has 124 valence electrons. The van der Waals surface area contributed by atoms with Gasteiger partial charge in [0.2, 0.25) is 9.84 Å². The summed E-state index contributed by atoms with van der Waals surface area (Å²) in [6.45, 7) is 1.62. The molecule has 1 aromatic carbocycles. The second-order valence-corrected chi connectivity index (χ2v) is 7.84. The zero-order valence-corrected chi connectivity index (χ0v) is 13.9. The molecule has 4 rings (SSSR count). The van der Waals surface area contributed by atoms with Gasteiger partial charge < -0.3 is 5.32 Å². The maximum absolute atomic E-state index is 13.0. The second-order valence-electron chi connectivity index (χ2n) is 5.97. The van der Waals surface area contributed by atoms with Gasteiger partial charge in [-0.25, -0.2) is 18.1 Å². The Hall–Kier alpha value is -2.25. The van der Waals surface area contributed by atoms with Crippen LogP contribution in [-0.4, -0.2) is 35.8 Å². The van der Waals surface area contributed by atoms with Crippen molar-refractivity contribution in [1.82, 2.24) is 20.1 Å². The summed E-state index contributed by atoms with van der Waals surface area (Å²) >= 11 is 0. The summed E-state index contributed by atoms with van der Waals surface area (Å²) in [4.78, 5) is 4.61. The van der Waals surface area contributed by atoms with Gasteiger partial charge in [0.25, 0.3) is 0 Å². The molecule has 3 aromatic rings. The SMILES string of the molecule is O=S(=O)(c1ccccc1)c1nn(C[C@@H]2CCCN2)c2ncccc12. The van der Waals surface area contributed by atoms with Crippen LogP contribution < -0.4 is 5.32 Å². The molecule has 0 saturated carbocycles. The van der Waals surface area contributed by atoms with Crippen LogP contribution in [0.25, 0.3) is 11.0 Å². The van der Waals surface area contributed by atoms with E-state index in [1.807, 2.05) is 0 Å². The Kier molecular flexibility index (Phi) is 3.82. The van der Waals surface area contributed by atoms with Crippen molar-refractivity contribution in [3.05, 3.63) is 48.7 Å². The van der Waals surface area contributed by atoms with Crippen LogP contribution >= 0.6 is 0 Å². The van der Waals surface area contributed by atoms with Gasteiger partial charge in [-0.15, -0.1) is 0 Å². The van der Waals surface area contributed by atoms with Crippen molar-refractivity contribution in [2.45, 2.75) is 35.3 Å². The first-order valence-electron chi connectivity index (χ1n) is 8.01. The van der Waals surface area contributed by atoms with E-state index in [2.05, 4.69) is 15.4 Å². The van der Waals surface area contributed by atoms with E-state index in [0.29, 0.717) is 23.6 Å². The highest BCUT2D eigenvalue weighted by Gasteiger charge is 2.26. The predicted octanol–water partition coefficient (Wildman–Crippen LogP) is 2.02. The lowest BCUT2D eigenvalue weighted by atomic mass is 10.2. The summed E-state index contributed by atoms with van der Waals surface area (Å²) < 4.78 is 27.7. The number of sulfone groups is 1. The Morgan fingerprint density at radius 3 is 2.75 bits per heavy atom. The fourth-order valence-electron chi connectivity index (χ4n) is 3.14. The Morgan fingerprint density at radius 2 is 2.00 bits per heavy atom. The molecule has 0 radical (unpaired) electrons. The van der Waals surface area contributed by atoms with E-state index in [4.69, 9.17) is 0 Å². The number of nitrogens with zero attached hydrogens (tertiary/aromatic N) is 3. The highest BCUT2D eigenvalue weighted by molar-refractivity contribution is 7.91. The zero-order chi connectivity index (χ0) is 16.6. The van der Waals surface area contributed by atoms with E-state index < -0.39 is 9.84 Å². The highest BCUT2D eigenvalue weighted by Crippen LogP contribution is 2.27. The summed E-state index contributed by atoms with van der Waals surface area (Å²) in [6, 6.07) is 12.2. The zero-order valence-electron chi connectivity index (χ0n) is 13.1. The minimum absolute atomic E-state index is 0.0785. The van der Waals surface area contributed by atoms with Crippen molar-refractivity contribution in [2.75, 3.05) is 6.54 Å². The third-order valence-corrected chi connectivity index (χ3v) is 6.04. The molecule has 24 heavy (non-hydrogen) atoms. The third kappa shape index (κ3) is 2.59. The van der Waals surface area contributed by atoms with Gasteiger partial charge in [0.1, 0.15) is 0 Å². The maximum Gasteiger partial charge on any atom is 0.226 e. The molecule has 3 heterocycles. The second kappa shape index (κ2) is 5.99. The average molecular weight is 342 g/mol. The molecule has 1 N–H and O–H groups in total. The molecule has 1 atom stereocenters. The number of pyridine rings is 1. The van der Waals surface area contributed by atoms with Gasteiger partial charge in [-0.3, -0.25) is 0 Å². The normalized spacial score (nSPS) is 18.2. The van der Waals surface area contributed by atoms with Crippen molar-refractivity contribution < 1.29 is 8.42 Å². The van der Waals surface area contributed by atoms with Crippen molar-refractivity contribution in [1.29, 1.82) is 0 Å². The van der Waals surface area contributed by atoms with E-state index in [1.165, 1.54) is 0 Å². The van der Waals surface area contributed by atoms with Gasteiger partial charge in [-0.1, -0.05) is 18.2 Å². The van der Waals surface area contributed by atoms with Crippen molar-refractivity contribution in [3.63, 3.8) is 0 Å². The van der Waals surface area contributed by atoms with Crippen molar-refractivity contribution in [3.8, 4) is 0 Å². The summed E-state index contributed by atoms with van der Waals surface area (Å²) in [5.41, 5.74) is 0.612. The lowest BCUT2D eigenvalue weighted by Gasteiger charge is -2.10. The average Bonchev–Trinajstić information content (AvgIpc) is 3.25. The molecule has 0 bridgehead atoms. The topological polar surface area (TPSA) is 76.9 Å². The number of hydrogen-bond acceptors (Lipinski definition) is 5. The number of nitrogens with one attached hydrogen (secondary N) is 1. The monoisotopic (exact) mass is 342 g/mol. The molecule has 6 nitrogen and oxygen atoms in total. The van der Waals surface area contributed by atoms with E-state index in [-0.39, 0.29) is 9.92 Å². The first-order chi connectivity index (χ1) is 11.7. The molecule has 7 heteroatoms. The summed E-state index contributed by atoms with van der Waals surface area (Å²) in [6.07, 6.45) is 3.86. The molecule has 1 aliphatic rings. The summed E-state index contributed by atoms with van der Waals surface area (Å²) in [5, 5.41) is 8.49. The van der Waals surface area contributed by atoms with Crippen LogP contribution in [0.15, 0.2) is 58.6 Å². The molecule has 1 aliphatic heterocycles. The summed E-state index contributed by atoms with van der Waals surface area (Å²) in [5.74, 6) is 0. The molecule has 0 unspecified atom stereocenters. The van der Waals surface area contributed by atoms with Gasteiger partial charge in [-0.2, -0.15) is 5.10 Å². The summed E-state index contributed by atoms with van der Waals surface area (Å²) in [7, 11) is -3.67. The smallest absolute Gasteiger partial charge is 0.226 e. The number of aromatic nitrogens is 3. The Morgan fingerprint density at radius 1 is 1.17 bits per heavy atom. The van der Waals surface area contributed by atoms with Crippen LogP contribution in [0.1, 0.15) is 12.8 Å². The fourth-order valence-corrected chi connectivity index (χ4v) is 4.53. The van der Waals surface area contributed by atoms with Gasteiger partial charge in [-0.05, 0) is 43.7 Å². The van der Waals surface area contributed by atoms with E-state index in [0.717, 1.165) is 19.4 Å². The maximum atomic E-state index is 13.0. The highest BCUT2D eigenvalue weighted by atomic mass is 32.2. The molecule has 1 saturated heterocycles. The standard InChI is InChI=1S/C17H18N4O2S/c22-24(23,14-7-2-1-3-8-14)17-15-9-5-11-19-16(15)21(20-17)12-13-6-4-10-18-13/h1-3,5,7-9,11,13,18H,4,6,10,12H2/t13-/m0/s1. The number of rotatable bonds is 4. The Labute approximate surface area is 140 Å². The lowest BCUT2D eigenvalue weighted by Crippen LogP contribution is -2.27. The van der Waals surface area contributed by atoms with E-state index in [1.54, 1.807) is 53.3 Å². The van der Waals surface area contributed by atoms with Gasteiger partial charge in [0.05, 0.1) is 16.8 Å². The molecule has 1 fully saturated rings. The van der Waals surface area contributed by atoms with E-state index >= 15 is 0 Å². The minimum Gasteiger partial charge on any atom is -0.312 e. The number of fused-ring (bicyclic) bond motifs is 1. The van der Waals surface area contributed by atoms with Crippen LogP contribution in [0.5, 0.6) is 0 Å². The molecule has 2 aromatic heterocycles. The molecule has 0 aliphatic carbocycles. The largest absolute Gasteiger partial charge is 0.312 e. The van der Waals surface area contributed by atoms with Crippen LogP contribution in [0, 0.1) is 0 Å². The van der Waals surface area contributed by atoms with Crippen LogP contribution in [-0.2, 0) is 16.4 Å². The fraction of sp³-hybridized carbons (Fsp3) is 0.294. The minimum atomic E-state index is -3.67. The van der Waals surface area contributed by atoms with Crippen LogP contribution in [0.3, 0.4) is 0 Å². The first kappa shape index (κ1) is 15.3.